The largest absolute Gasteiger partial charge is 0.457 e. The molecule has 0 radical (unpaired) electrons. The predicted octanol–water partition coefficient (Wildman–Crippen LogP) is 2.79. The molecule has 4 heterocycles. The number of rotatable bonds is 2. The van der Waals surface area contributed by atoms with Crippen LogP contribution in [-0.2, 0) is 20.1 Å². The number of thiophene rings is 1. The van der Waals surface area contributed by atoms with Gasteiger partial charge in [0, 0.05) is 28.6 Å². The molecule has 1 spiro atoms. The van der Waals surface area contributed by atoms with Gasteiger partial charge in [-0.05, 0) is 37.1 Å². The molecule has 2 aliphatic heterocycles. The van der Waals surface area contributed by atoms with Crippen molar-refractivity contribution in [3.63, 3.8) is 0 Å². The first-order chi connectivity index (χ1) is 12.6. The van der Waals surface area contributed by atoms with Crippen LogP contribution in [0.5, 0.6) is 0 Å². The molecule has 0 bridgehead atoms. The summed E-state index contributed by atoms with van der Waals surface area (Å²) in [4.78, 5) is 14.1. The lowest BCUT2D eigenvalue weighted by molar-refractivity contribution is 0.0325. The summed E-state index contributed by atoms with van der Waals surface area (Å²) in [5.74, 6) is -0.0554. The maximum atomic E-state index is 11.7. The maximum absolute atomic E-state index is 11.7. The van der Waals surface area contributed by atoms with E-state index in [1.165, 1.54) is 6.20 Å². The van der Waals surface area contributed by atoms with Crippen LogP contribution in [0.3, 0.4) is 0 Å². The summed E-state index contributed by atoms with van der Waals surface area (Å²) < 4.78 is 29.1. The lowest BCUT2D eigenvalue weighted by Crippen LogP contribution is -2.62. The summed E-state index contributed by atoms with van der Waals surface area (Å²) in [5, 5.41) is 0. The standard InChI is InChI=1S/C18H18N4O3S2/c1-11-4-14(12-5-13(20-3)7-21-6-12)26-15(11)17(2)8-18(25-16(19)22-17)9-27(23,24)10-18/h4-7H,8-10H2,1-2H3,(H2,19,22). The second-order valence-electron chi connectivity index (χ2n) is 7.38. The minimum absolute atomic E-state index is 0.0277. The van der Waals surface area contributed by atoms with Gasteiger partial charge < -0.3 is 10.5 Å². The van der Waals surface area contributed by atoms with E-state index in [4.69, 9.17) is 17.0 Å². The normalized spacial score (nSPS) is 25.1. The fourth-order valence-corrected chi connectivity index (χ4v) is 7.11. The lowest BCUT2D eigenvalue weighted by atomic mass is 9.84. The molecule has 140 valence electrons. The smallest absolute Gasteiger partial charge is 0.283 e. The molecule has 1 fully saturated rings. The third-order valence-electron chi connectivity index (χ3n) is 4.85. The van der Waals surface area contributed by atoms with E-state index in [2.05, 4.69) is 14.8 Å². The molecule has 1 unspecified atom stereocenters. The van der Waals surface area contributed by atoms with E-state index in [0.29, 0.717) is 12.1 Å². The number of hydrogen-bond donors (Lipinski definition) is 1. The fourth-order valence-electron chi connectivity index (χ4n) is 4.02. The summed E-state index contributed by atoms with van der Waals surface area (Å²) in [5.41, 5.74) is 6.87. The zero-order chi connectivity index (χ0) is 19.4. The summed E-state index contributed by atoms with van der Waals surface area (Å²) in [6, 6.07) is 3.88. The summed E-state index contributed by atoms with van der Waals surface area (Å²) in [7, 11) is -3.07. The quantitative estimate of drug-likeness (QED) is 0.779. The number of amidine groups is 1. The predicted molar refractivity (Wildman–Crippen MR) is 105 cm³/mol. The number of pyridine rings is 1. The van der Waals surface area contributed by atoms with E-state index in [0.717, 1.165) is 20.9 Å². The molecule has 1 saturated heterocycles. The van der Waals surface area contributed by atoms with Crippen molar-refractivity contribution in [2.45, 2.75) is 31.4 Å². The van der Waals surface area contributed by atoms with Crippen LogP contribution in [0.4, 0.5) is 5.69 Å². The molecule has 0 aliphatic carbocycles. The average molecular weight is 403 g/mol. The number of aromatic nitrogens is 1. The van der Waals surface area contributed by atoms with Crippen molar-refractivity contribution in [3.8, 4) is 10.4 Å². The second-order valence-corrected chi connectivity index (χ2v) is 10.5. The zero-order valence-electron chi connectivity index (χ0n) is 14.9. The third-order valence-corrected chi connectivity index (χ3v) is 8.33. The molecule has 27 heavy (non-hydrogen) atoms. The Morgan fingerprint density at radius 1 is 1.33 bits per heavy atom. The Bertz CT molecular complexity index is 1100. The van der Waals surface area contributed by atoms with Crippen LogP contribution in [0.15, 0.2) is 29.5 Å². The molecule has 9 heteroatoms. The monoisotopic (exact) mass is 402 g/mol. The van der Waals surface area contributed by atoms with Crippen LogP contribution in [0.1, 0.15) is 23.8 Å². The van der Waals surface area contributed by atoms with Crippen molar-refractivity contribution >= 4 is 32.9 Å². The molecular weight excluding hydrogens is 384 g/mol. The molecular formula is C18H18N4O3S2. The van der Waals surface area contributed by atoms with Crippen molar-refractivity contribution in [3.05, 3.63) is 46.4 Å². The number of nitrogens with two attached hydrogens (primary N) is 1. The zero-order valence-corrected chi connectivity index (χ0v) is 16.5. The SMILES string of the molecule is [C-]#[N+]c1cncc(-c2cc(C)c(C3(C)CC4(CS(=O)(=O)C4)OC(N)=N3)s2)c1. The Hall–Kier alpha value is -2.44. The van der Waals surface area contributed by atoms with Crippen molar-refractivity contribution < 1.29 is 13.2 Å². The highest BCUT2D eigenvalue weighted by Gasteiger charge is 2.57. The van der Waals surface area contributed by atoms with Crippen molar-refractivity contribution in [2.75, 3.05) is 11.5 Å². The minimum atomic E-state index is -3.07. The topological polar surface area (TPSA) is 99.0 Å². The highest BCUT2D eigenvalue weighted by atomic mass is 32.2. The van der Waals surface area contributed by atoms with Gasteiger partial charge in [-0.25, -0.2) is 18.3 Å². The third kappa shape index (κ3) is 3.09. The molecule has 2 aromatic heterocycles. The first-order valence-electron chi connectivity index (χ1n) is 8.32. The fraction of sp³-hybridized carbons (Fsp3) is 0.389. The van der Waals surface area contributed by atoms with Crippen molar-refractivity contribution in [1.82, 2.24) is 4.98 Å². The van der Waals surface area contributed by atoms with Gasteiger partial charge in [-0.3, -0.25) is 4.98 Å². The van der Waals surface area contributed by atoms with Crippen LogP contribution in [0.2, 0.25) is 0 Å². The molecule has 1 atom stereocenters. The van der Waals surface area contributed by atoms with Gasteiger partial charge in [0.05, 0.1) is 18.1 Å². The van der Waals surface area contributed by atoms with Gasteiger partial charge in [0.25, 0.3) is 6.02 Å². The summed E-state index contributed by atoms with van der Waals surface area (Å²) in [6.45, 7) is 11.1. The molecule has 2 aromatic rings. The van der Waals surface area contributed by atoms with Gasteiger partial charge >= 0.3 is 0 Å². The molecule has 0 saturated carbocycles. The van der Waals surface area contributed by atoms with Crippen molar-refractivity contribution in [2.24, 2.45) is 10.7 Å². The van der Waals surface area contributed by atoms with E-state index in [1.807, 2.05) is 19.9 Å². The summed E-state index contributed by atoms with van der Waals surface area (Å²) in [6.07, 6.45) is 3.72. The Morgan fingerprint density at radius 3 is 2.74 bits per heavy atom. The van der Waals surface area contributed by atoms with Crippen LogP contribution in [0, 0.1) is 13.5 Å². The van der Waals surface area contributed by atoms with E-state index in [1.54, 1.807) is 23.6 Å². The highest BCUT2D eigenvalue weighted by Crippen LogP contribution is 2.48. The first kappa shape index (κ1) is 17.9. The van der Waals surface area contributed by atoms with Crippen LogP contribution in [0.25, 0.3) is 15.3 Å². The van der Waals surface area contributed by atoms with Gasteiger partial charge in [0.2, 0.25) is 5.69 Å². The Labute approximate surface area is 161 Å². The van der Waals surface area contributed by atoms with Crippen molar-refractivity contribution in [1.29, 1.82) is 0 Å². The number of hydrogen-bond acceptors (Lipinski definition) is 7. The first-order valence-corrected chi connectivity index (χ1v) is 11.0. The number of ether oxygens (including phenoxy) is 1. The van der Waals surface area contributed by atoms with Crippen LogP contribution in [-0.4, -0.2) is 36.5 Å². The van der Waals surface area contributed by atoms with E-state index in [-0.39, 0.29) is 17.5 Å². The second kappa shape index (κ2) is 5.78. The molecule has 7 nitrogen and oxygen atoms in total. The molecule has 4 rings (SSSR count). The molecule has 2 N–H and O–H groups in total. The van der Waals surface area contributed by atoms with Gasteiger partial charge in [-0.2, -0.15) is 0 Å². The number of aliphatic imine (C=N–C) groups is 1. The number of aryl methyl sites for hydroxylation is 1. The molecule has 0 amide bonds. The van der Waals surface area contributed by atoms with E-state index >= 15 is 0 Å². The van der Waals surface area contributed by atoms with Gasteiger partial charge in [-0.15, -0.1) is 11.3 Å². The van der Waals surface area contributed by atoms with Gasteiger partial charge in [0.1, 0.15) is 11.1 Å². The Morgan fingerprint density at radius 2 is 2.07 bits per heavy atom. The minimum Gasteiger partial charge on any atom is -0.457 e. The van der Waals surface area contributed by atoms with E-state index in [9.17, 15) is 8.42 Å². The number of sulfone groups is 1. The van der Waals surface area contributed by atoms with Gasteiger partial charge in [0.15, 0.2) is 9.84 Å². The molecule has 0 aromatic carbocycles. The Kier molecular flexibility index (Phi) is 3.84. The van der Waals surface area contributed by atoms with E-state index < -0.39 is 21.0 Å². The molecule has 2 aliphatic rings. The number of nitrogens with zero attached hydrogens (tertiary/aromatic N) is 3. The summed E-state index contributed by atoms with van der Waals surface area (Å²) >= 11 is 1.56. The van der Waals surface area contributed by atoms with Crippen LogP contribution >= 0.6 is 11.3 Å². The highest BCUT2D eigenvalue weighted by molar-refractivity contribution is 7.93. The lowest BCUT2D eigenvalue weighted by Gasteiger charge is -2.47. The Balaban J connectivity index is 1.74. The average Bonchev–Trinajstić information content (AvgIpc) is 2.95. The van der Waals surface area contributed by atoms with Crippen LogP contribution < -0.4 is 5.73 Å². The van der Waals surface area contributed by atoms with Gasteiger partial charge in [-0.1, -0.05) is 0 Å². The maximum Gasteiger partial charge on any atom is 0.283 e.